The molecule has 0 atom stereocenters. The van der Waals surface area contributed by atoms with Crippen molar-refractivity contribution in [2.75, 3.05) is 26.4 Å². The van der Waals surface area contributed by atoms with E-state index in [0.717, 1.165) is 77.0 Å². The third-order valence-corrected chi connectivity index (χ3v) is 7.92. The first kappa shape index (κ1) is 51.0. The van der Waals surface area contributed by atoms with Gasteiger partial charge >= 0.3 is 23.9 Å². The summed E-state index contributed by atoms with van der Waals surface area (Å²) in [5.74, 6) is -0.892. The van der Waals surface area contributed by atoms with E-state index >= 15 is 0 Å². The number of hydrogen-bond acceptors (Lipinski definition) is 8. The predicted molar refractivity (Wildman–Crippen MR) is 229 cm³/mol. The molecule has 0 spiro atoms. The second-order valence-electron chi connectivity index (χ2n) is 12.5. The maximum absolute atomic E-state index is 11.3. The van der Waals surface area contributed by atoms with Crippen molar-refractivity contribution in [3.63, 3.8) is 0 Å². The van der Waals surface area contributed by atoms with Crippen LogP contribution < -0.4 is 0 Å². The van der Waals surface area contributed by atoms with Gasteiger partial charge in [0.05, 0.1) is 0 Å². The molecule has 2 aromatic rings. The number of esters is 4. The molecule has 56 heavy (non-hydrogen) atoms. The fourth-order valence-electron chi connectivity index (χ4n) is 5.04. The molecule has 1 aliphatic heterocycles. The summed E-state index contributed by atoms with van der Waals surface area (Å²) in [5.41, 5.74) is 3.64. The number of cyclic esters (lactones) is 2. The molecule has 0 aromatic heterocycles. The number of hydrogen-bond donors (Lipinski definition) is 0. The summed E-state index contributed by atoms with van der Waals surface area (Å²) in [4.78, 5) is 45.1. The van der Waals surface area contributed by atoms with Gasteiger partial charge < -0.3 is 18.9 Å². The maximum atomic E-state index is 11.3. The molecule has 0 amide bonds. The van der Waals surface area contributed by atoms with Gasteiger partial charge in [0.2, 0.25) is 0 Å². The van der Waals surface area contributed by atoms with Crippen molar-refractivity contribution in [2.45, 2.75) is 117 Å². The number of benzene rings is 2. The summed E-state index contributed by atoms with van der Waals surface area (Å²) in [7, 11) is 0. The van der Waals surface area contributed by atoms with Gasteiger partial charge in [0.25, 0.3) is 0 Å². The Morgan fingerprint density at radius 2 is 1.04 bits per heavy atom. The van der Waals surface area contributed by atoms with Crippen molar-refractivity contribution in [1.82, 2.24) is 0 Å². The number of rotatable bonds is 16. The Labute approximate surface area is 337 Å². The lowest BCUT2D eigenvalue weighted by atomic mass is 9.98. The molecule has 0 saturated heterocycles. The van der Waals surface area contributed by atoms with Crippen LogP contribution in [-0.4, -0.2) is 50.3 Å². The second-order valence-corrected chi connectivity index (χ2v) is 12.5. The van der Waals surface area contributed by atoms with E-state index in [-0.39, 0.29) is 50.3 Å². The summed E-state index contributed by atoms with van der Waals surface area (Å²) >= 11 is 0. The SMILES string of the molecule is C=CC=C(c1ccccc1)c1ccccc1.C=CCCCCC(=O)OCCOC(=O)CCCCC=C.CC.O=C1CCCCC=CCCCCC(=O)OCCO1. The normalized spacial score (nSPS) is 13.1. The smallest absolute Gasteiger partial charge is 0.305 e. The highest BCUT2D eigenvalue weighted by Gasteiger charge is 2.07. The number of unbranched alkanes of at least 4 members (excludes halogenated alkanes) is 4. The average molecular weight is 773 g/mol. The molecule has 308 valence electrons. The molecule has 8 nitrogen and oxygen atoms in total. The van der Waals surface area contributed by atoms with E-state index in [9.17, 15) is 19.2 Å². The Hall–Kier alpha value is -4.98. The van der Waals surface area contributed by atoms with Gasteiger partial charge in [-0.2, -0.15) is 0 Å². The topological polar surface area (TPSA) is 105 Å². The Morgan fingerprint density at radius 1 is 0.625 bits per heavy atom. The van der Waals surface area contributed by atoms with Crippen molar-refractivity contribution in [3.05, 3.63) is 128 Å². The molecule has 0 N–H and O–H groups in total. The Balaban J connectivity index is 0.000000795. The third kappa shape index (κ3) is 30.4. The minimum absolute atomic E-state index is 0.138. The third-order valence-electron chi connectivity index (χ3n) is 7.92. The standard InChI is InChI=1S/C16H26O4.C16H14.C14H22O4.C2H6/c1-3-5-7-9-11-15(17)19-13-14-20-16(18)12-10-8-6-4-2;1-2-9-16(14-10-5-3-6-11-14)15-12-7-4-8-13-15;15-13-9-7-5-3-1-2-4-6-8-10-14(16)18-12-11-17-13;1-2/h3-4H,1-2,5-14H2;2-13H,1H2;1-2H,3-12H2;1-2H3. The Bertz CT molecular complexity index is 1300. The molecule has 2 aromatic carbocycles. The molecule has 0 unspecified atom stereocenters. The molecule has 0 radical (unpaired) electrons. The van der Waals surface area contributed by atoms with Crippen molar-refractivity contribution < 1.29 is 38.1 Å². The highest BCUT2D eigenvalue weighted by Crippen LogP contribution is 2.22. The minimum atomic E-state index is -0.240. The van der Waals surface area contributed by atoms with Crippen molar-refractivity contribution in [2.24, 2.45) is 0 Å². The summed E-state index contributed by atoms with van der Waals surface area (Å²) in [6.45, 7) is 15.6. The van der Waals surface area contributed by atoms with Crippen LogP contribution in [0.1, 0.15) is 128 Å². The summed E-state index contributed by atoms with van der Waals surface area (Å²) in [5, 5.41) is 0. The lowest BCUT2D eigenvalue weighted by Gasteiger charge is -2.07. The number of allylic oxidation sites excluding steroid dienone is 6. The van der Waals surface area contributed by atoms with Crippen LogP contribution >= 0.6 is 0 Å². The average Bonchev–Trinajstić information content (AvgIpc) is 3.22. The highest BCUT2D eigenvalue weighted by atomic mass is 16.6. The highest BCUT2D eigenvalue weighted by molar-refractivity contribution is 5.80. The van der Waals surface area contributed by atoms with Crippen LogP contribution in [0.5, 0.6) is 0 Å². The molecule has 0 saturated carbocycles. The first-order valence-corrected chi connectivity index (χ1v) is 20.3. The van der Waals surface area contributed by atoms with Crippen LogP contribution in [0.25, 0.3) is 5.57 Å². The van der Waals surface area contributed by atoms with Crippen LogP contribution in [0.15, 0.2) is 117 Å². The van der Waals surface area contributed by atoms with Crippen molar-refractivity contribution >= 4 is 29.5 Å². The lowest BCUT2D eigenvalue weighted by Crippen LogP contribution is -2.13. The summed E-state index contributed by atoms with van der Waals surface area (Å²) < 4.78 is 19.8. The van der Waals surface area contributed by atoms with E-state index in [2.05, 4.69) is 80.4 Å². The molecular formula is C48H68O8. The van der Waals surface area contributed by atoms with Crippen LogP contribution in [0.2, 0.25) is 0 Å². The van der Waals surface area contributed by atoms with Gasteiger partial charge in [-0.05, 0) is 93.7 Å². The minimum Gasteiger partial charge on any atom is -0.462 e. The predicted octanol–water partition coefficient (Wildman–Crippen LogP) is 11.7. The van der Waals surface area contributed by atoms with Crippen molar-refractivity contribution in [3.8, 4) is 0 Å². The fourth-order valence-corrected chi connectivity index (χ4v) is 5.04. The molecule has 3 rings (SSSR count). The molecule has 0 aliphatic carbocycles. The fraction of sp³-hybridized carbons (Fsp3) is 0.458. The molecule has 8 heteroatoms. The van der Waals surface area contributed by atoms with Gasteiger partial charge in [-0.15, -0.1) is 13.2 Å². The second kappa shape index (κ2) is 38.3. The van der Waals surface area contributed by atoms with Gasteiger partial charge in [0, 0.05) is 25.7 Å². The largest absolute Gasteiger partial charge is 0.462 e. The number of carbonyl (C=O) groups is 4. The van der Waals surface area contributed by atoms with E-state index in [4.69, 9.17) is 18.9 Å². The molecule has 0 fully saturated rings. The van der Waals surface area contributed by atoms with Gasteiger partial charge in [0.1, 0.15) is 26.4 Å². The zero-order valence-electron chi connectivity index (χ0n) is 34.3. The molecular weight excluding hydrogens is 705 g/mol. The van der Waals surface area contributed by atoms with Crippen LogP contribution in [0.4, 0.5) is 0 Å². The van der Waals surface area contributed by atoms with Crippen LogP contribution in [0.3, 0.4) is 0 Å². The van der Waals surface area contributed by atoms with E-state index in [1.807, 2.05) is 50.3 Å². The summed E-state index contributed by atoms with van der Waals surface area (Å²) in [6, 6.07) is 20.7. The molecule has 1 heterocycles. The zero-order chi connectivity index (χ0) is 41.3. The van der Waals surface area contributed by atoms with Crippen LogP contribution in [-0.2, 0) is 38.1 Å². The Kier molecular flexibility index (Phi) is 34.9. The van der Waals surface area contributed by atoms with E-state index < -0.39 is 0 Å². The lowest BCUT2D eigenvalue weighted by molar-refractivity contribution is -0.152. The van der Waals surface area contributed by atoms with E-state index in [0.29, 0.717) is 25.7 Å². The Morgan fingerprint density at radius 3 is 1.41 bits per heavy atom. The molecule has 1 aliphatic rings. The van der Waals surface area contributed by atoms with E-state index in [1.165, 1.54) is 16.7 Å². The number of ether oxygens (including phenoxy) is 4. The summed E-state index contributed by atoms with van der Waals surface area (Å²) in [6.07, 6.45) is 24.6. The van der Waals surface area contributed by atoms with Gasteiger partial charge in [-0.25, -0.2) is 0 Å². The van der Waals surface area contributed by atoms with Gasteiger partial charge in [-0.3, -0.25) is 19.2 Å². The van der Waals surface area contributed by atoms with E-state index in [1.54, 1.807) is 0 Å². The zero-order valence-corrected chi connectivity index (χ0v) is 34.3. The van der Waals surface area contributed by atoms with Crippen molar-refractivity contribution in [1.29, 1.82) is 0 Å². The first-order valence-electron chi connectivity index (χ1n) is 20.3. The number of carbonyl (C=O) groups excluding carboxylic acids is 4. The van der Waals surface area contributed by atoms with Gasteiger partial charge in [0.15, 0.2) is 0 Å². The molecule has 0 bridgehead atoms. The monoisotopic (exact) mass is 772 g/mol. The van der Waals surface area contributed by atoms with Crippen LogP contribution in [0, 0.1) is 0 Å². The van der Waals surface area contributed by atoms with Gasteiger partial charge in [-0.1, -0.05) is 118 Å². The quantitative estimate of drug-likeness (QED) is 0.0546. The maximum Gasteiger partial charge on any atom is 0.305 e. The first-order chi connectivity index (χ1) is 27.4.